The molecule has 0 spiro atoms. The summed E-state index contributed by atoms with van der Waals surface area (Å²) in [5, 5.41) is 10.3. The quantitative estimate of drug-likeness (QED) is 0.373. The van der Waals surface area contributed by atoms with Crippen LogP contribution in [0, 0.1) is 18.3 Å². The molecule has 0 saturated carbocycles. The lowest BCUT2D eigenvalue weighted by Crippen LogP contribution is -2.21. The van der Waals surface area contributed by atoms with Crippen LogP contribution in [0.4, 0.5) is 0 Å². The van der Waals surface area contributed by atoms with E-state index in [-0.39, 0.29) is 5.56 Å². The van der Waals surface area contributed by atoms with Gasteiger partial charge >= 0.3 is 0 Å². The number of aromatic nitrogens is 2. The Balaban J connectivity index is 1.84. The fourth-order valence-corrected chi connectivity index (χ4v) is 4.13. The summed E-state index contributed by atoms with van der Waals surface area (Å²) in [5.74, 6) is 0.716. The van der Waals surface area contributed by atoms with Gasteiger partial charge in [0, 0.05) is 5.75 Å². The Morgan fingerprint density at radius 2 is 1.71 bits per heavy atom. The summed E-state index contributed by atoms with van der Waals surface area (Å²) in [4.78, 5) is 18.0. The van der Waals surface area contributed by atoms with Gasteiger partial charge in [0.2, 0.25) is 0 Å². The van der Waals surface area contributed by atoms with Crippen LogP contribution in [0.15, 0.2) is 82.7 Å². The van der Waals surface area contributed by atoms with Crippen molar-refractivity contribution in [1.29, 1.82) is 5.26 Å². The molecule has 0 bridgehead atoms. The summed E-state index contributed by atoms with van der Waals surface area (Å²) in [7, 11) is 0. The zero-order valence-electron chi connectivity index (χ0n) is 15.3. The highest BCUT2D eigenvalue weighted by molar-refractivity contribution is 7.98. The van der Waals surface area contributed by atoms with E-state index in [1.54, 1.807) is 34.9 Å². The van der Waals surface area contributed by atoms with E-state index in [0.717, 1.165) is 0 Å². The first-order valence-corrected chi connectivity index (χ1v) is 9.85. The Bertz CT molecular complexity index is 1250. The zero-order chi connectivity index (χ0) is 19.5. The zero-order valence-corrected chi connectivity index (χ0v) is 16.1. The van der Waals surface area contributed by atoms with Crippen LogP contribution >= 0.6 is 11.8 Å². The average Bonchev–Trinajstić information content (AvgIpc) is 2.73. The van der Waals surface area contributed by atoms with Gasteiger partial charge in [-0.05, 0) is 54.4 Å². The van der Waals surface area contributed by atoms with Crippen molar-refractivity contribution in [2.75, 3.05) is 0 Å². The lowest BCUT2D eigenvalue weighted by molar-refractivity contribution is 0.819. The largest absolute Gasteiger partial charge is 0.268 e. The Morgan fingerprint density at radius 1 is 1.00 bits per heavy atom. The molecule has 0 aliphatic heterocycles. The number of nitriles is 1. The third-order valence-corrected chi connectivity index (χ3v) is 5.60. The van der Waals surface area contributed by atoms with E-state index in [0.29, 0.717) is 33.1 Å². The van der Waals surface area contributed by atoms with E-state index in [1.165, 1.54) is 22.9 Å². The van der Waals surface area contributed by atoms with Crippen LogP contribution in [0.5, 0.6) is 0 Å². The second-order valence-electron chi connectivity index (χ2n) is 6.43. The molecular weight excluding hydrogens is 366 g/mol. The van der Waals surface area contributed by atoms with Crippen LogP contribution < -0.4 is 5.56 Å². The topological polar surface area (TPSA) is 58.7 Å². The molecule has 136 valence electrons. The summed E-state index contributed by atoms with van der Waals surface area (Å²) in [6, 6.07) is 24.7. The van der Waals surface area contributed by atoms with Gasteiger partial charge in [-0.25, -0.2) is 4.98 Å². The molecule has 0 atom stereocenters. The fourth-order valence-electron chi connectivity index (χ4n) is 3.04. The predicted molar refractivity (Wildman–Crippen MR) is 113 cm³/mol. The van der Waals surface area contributed by atoms with Crippen LogP contribution in [0.3, 0.4) is 0 Å². The monoisotopic (exact) mass is 383 g/mol. The molecule has 5 heteroatoms. The van der Waals surface area contributed by atoms with E-state index in [1.807, 2.05) is 30.3 Å². The van der Waals surface area contributed by atoms with Gasteiger partial charge in [-0.1, -0.05) is 48.2 Å². The molecule has 28 heavy (non-hydrogen) atoms. The molecule has 4 rings (SSSR count). The first-order valence-electron chi connectivity index (χ1n) is 8.87. The first-order chi connectivity index (χ1) is 13.7. The highest BCUT2D eigenvalue weighted by atomic mass is 32.2. The molecule has 0 fully saturated rings. The van der Waals surface area contributed by atoms with Crippen LogP contribution in [0.2, 0.25) is 0 Å². The smallest absolute Gasteiger partial charge is 0.266 e. The third-order valence-electron chi connectivity index (χ3n) is 4.62. The van der Waals surface area contributed by atoms with Crippen molar-refractivity contribution in [2.24, 2.45) is 0 Å². The van der Waals surface area contributed by atoms with Crippen LogP contribution in [0.1, 0.15) is 16.7 Å². The van der Waals surface area contributed by atoms with E-state index in [4.69, 9.17) is 10.2 Å². The van der Waals surface area contributed by atoms with Crippen LogP contribution in [-0.4, -0.2) is 9.55 Å². The molecule has 0 aliphatic rings. The van der Waals surface area contributed by atoms with Gasteiger partial charge in [0.15, 0.2) is 5.16 Å². The average molecular weight is 383 g/mol. The van der Waals surface area contributed by atoms with E-state index < -0.39 is 0 Å². The van der Waals surface area contributed by atoms with E-state index >= 15 is 0 Å². The molecule has 1 aromatic heterocycles. The van der Waals surface area contributed by atoms with Crippen LogP contribution in [-0.2, 0) is 5.75 Å². The Labute approximate surface area is 167 Å². The molecule has 0 saturated heterocycles. The minimum Gasteiger partial charge on any atom is -0.268 e. The summed E-state index contributed by atoms with van der Waals surface area (Å²) in [6.45, 7) is 2.08. The van der Waals surface area contributed by atoms with Crippen molar-refractivity contribution < 1.29 is 0 Å². The second-order valence-corrected chi connectivity index (χ2v) is 7.37. The number of aryl methyl sites for hydroxylation is 1. The maximum atomic E-state index is 13.2. The van der Waals surface area contributed by atoms with E-state index in [2.05, 4.69) is 25.1 Å². The molecule has 1 heterocycles. The van der Waals surface area contributed by atoms with Crippen molar-refractivity contribution in [3.05, 3.63) is 99.8 Å². The number of fused-ring (bicyclic) bond motifs is 1. The van der Waals surface area contributed by atoms with Gasteiger partial charge in [0.25, 0.3) is 5.56 Å². The van der Waals surface area contributed by atoms with Crippen LogP contribution in [0.25, 0.3) is 16.6 Å². The van der Waals surface area contributed by atoms with Crippen molar-refractivity contribution >= 4 is 22.7 Å². The normalized spacial score (nSPS) is 10.7. The first kappa shape index (κ1) is 18.0. The van der Waals surface area contributed by atoms with Gasteiger partial charge in [0.05, 0.1) is 28.2 Å². The lowest BCUT2D eigenvalue weighted by Gasteiger charge is -2.14. The summed E-state index contributed by atoms with van der Waals surface area (Å²) in [6.07, 6.45) is 0. The number of nitrogens with zero attached hydrogens (tertiary/aromatic N) is 3. The number of thioether (sulfide) groups is 1. The second kappa shape index (κ2) is 7.71. The fraction of sp³-hybridized carbons (Fsp3) is 0.0870. The van der Waals surface area contributed by atoms with E-state index in [9.17, 15) is 4.79 Å². The molecular formula is C23H17N3OS. The van der Waals surface area contributed by atoms with Gasteiger partial charge in [-0.3, -0.25) is 9.36 Å². The Kier molecular flexibility index (Phi) is 4.96. The summed E-state index contributed by atoms with van der Waals surface area (Å²) < 4.78 is 1.63. The van der Waals surface area contributed by atoms with Gasteiger partial charge in [0.1, 0.15) is 0 Å². The number of benzene rings is 3. The molecule has 0 unspecified atom stereocenters. The van der Waals surface area contributed by atoms with Crippen molar-refractivity contribution in [2.45, 2.75) is 17.8 Å². The number of rotatable bonds is 4. The molecule has 0 radical (unpaired) electrons. The van der Waals surface area contributed by atoms with Gasteiger partial charge in [-0.2, -0.15) is 5.26 Å². The molecule has 0 amide bonds. The minimum atomic E-state index is -0.109. The van der Waals surface area contributed by atoms with Crippen molar-refractivity contribution in [1.82, 2.24) is 9.55 Å². The maximum Gasteiger partial charge on any atom is 0.266 e. The Hall–Kier alpha value is -3.36. The lowest BCUT2D eigenvalue weighted by atomic mass is 10.1. The maximum absolute atomic E-state index is 13.2. The number of hydrogen-bond donors (Lipinski definition) is 0. The molecule has 0 aliphatic carbocycles. The SMILES string of the molecule is Cc1ccccc1CSc1nc2ccccc2c(=O)n1-c1ccc(C#N)cc1. The molecule has 0 N–H and O–H groups in total. The highest BCUT2D eigenvalue weighted by Gasteiger charge is 2.14. The summed E-state index contributed by atoms with van der Waals surface area (Å²) in [5.41, 5.74) is 4.26. The number of hydrogen-bond acceptors (Lipinski definition) is 4. The molecule has 4 aromatic rings. The Morgan fingerprint density at radius 3 is 2.46 bits per heavy atom. The third kappa shape index (κ3) is 3.42. The molecule has 3 aromatic carbocycles. The predicted octanol–water partition coefficient (Wildman–Crippen LogP) is 4.86. The van der Waals surface area contributed by atoms with Gasteiger partial charge in [-0.15, -0.1) is 0 Å². The minimum absolute atomic E-state index is 0.109. The highest BCUT2D eigenvalue weighted by Crippen LogP contribution is 2.26. The standard InChI is InChI=1S/C23H17N3OS/c1-16-6-2-3-7-18(16)15-28-23-25-21-9-5-4-8-20(21)22(27)26(23)19-12-10-17(14-24)11-13-19/h2-13H,15H2,1H3. The molecule has 4 nitrogen and oxygen atoms in total. The van der Waals surface area contributed by atoms with Gasteiger partial charge < -0.3 is 0 Å². The van der Waals surface area contributed by atoms with Crippen molar-refractivity contribution in [3.8, 4) is 11.8 Å². The number of para-hydroxylation sites is 1. The van der Waals surface area contributed by atoms with Crippen molar-refractivity contribution in [3.63, 3.8) is 0 Å². The summed E-state index contributed by atoms with van der Waals surface area (Å²) >= 11 is 1.53.